The summed E-state index contributed by atoms with van der Waals surface area (Å²) in [7, 11) is 1.49. The third kappa shape index (κ3) is 7.58. The molecule has 0 saturated carbocycles. The van der Waals surface area contributed by atoms with Crippen molar-refractivity contribution < 1.29 is 33.6 Å². The summed E-state index contributed by atoms with van der Waals surface area (Å²) in [5.74, 6) is 0.450. The molecule has 7 heteroatoms. The van der Waals surface area contributed by atoms with Crippen LogP contribution in [-0.4, -0.2) is 49.9 Å². The first-order valence-electron chi connectivity index (χ1n) is 11.5. The molecule has 0 heterocycles. The molecule has 0 fully saturated rings. The van der Waals surface area contributed by atoms with Gasteiger partial charge in [0, 0.05) is 31.6 Å². The number of ether oxygens (including phenoxy) is 4. The minimum atomic E-state index is -0.635. The Morgan fingerprint density at radius 1 is 0.886 bits per heavy atom. The zero-order valence-electron chi connectivity index (χ0n) is 19.9. The van der Waals surface area contributed by atoms with Crippen LogP contribution >= 0.6 is 0 Å². The number of phenolic OH excluding ortho intramolecular Hbond substituents is 1. The number of carbonyl (C=O) groups is 2. The molecule has 0 aliphatic heterocycles. The van der Waals surface area contributed by atoms with E-state index in [1.54, 1.807) is 43.3 Å². The van der Waals surface area contributed by atoms with Crippen LogP contribution in [0.25, 0.3) is 0 Å². The molecule has 3 rings (SSSR count). The van der Waals surface area contributed by atoms with Crippen LogP contribution in [0.5, 0.6) is 17.2 Å². The summed E-state index contributed by atoms with van der Waals surface area (Å²) < 4.78 is 21.6. The second kappa shape index (κ2) is 13.2. The average Bonchev–Trinajstić information content (AvgIpc) is 2.88. The molecule has 0 aromatic heterocycles. The van der Waals surface area contributed by atoms with E-state index in [1.807, 2.05) is 30.3 Å². The molecule has 1 atom stereocenters. The lowest BCUT2D eigenvalue weighted by atomic mass is 10.0. The van der Waals surface area contributed by atoms with Gasteiger partial charge in [0.2, 0.25) is 0 Å². The van der Waals surface area contributed by atoms with Gasteiger partial charge in [0.1, 0.15) is 17.2 Å². The molecule has 0 spiro atoms. The maximum absolute atomic E-state index is 12.5. The van der Waals surface area contributed by atoms with Gasteiger partial charge in [-0.3, -0.25) is 4.79 Å². The maximum atomic E-state index is 12.5. The molecule has 0 aliphatic carbocycles. The van der Waals surface area contributed by atoms with Gasteiger partial charge in [0.15, 0.2) is 11.9 Å². The number of carbonyl (C=O) groups excluding carboxylic acids is 2. The van der Waals surface area contributed by atoms with Crippen molar-refractivity contribution >= 4 is 11.8 Å². The topological polar surface area (TPSA) is 91.3 Å². The Morgan fingerprint density at radius 2 is 1.54 bits per heavy atom. The van der Waals surface area contributed by atoms with Gasteiger partial charge in [-0.2, -0.15) is 0 Å². The molecule has 35 heavy (non-hydrogen) atoms. The Kier molecular flexibility index (Phi) is 9.69. The van der Waals surface area contributed by atoms with Gasteiger partial charge in [-0.15, -0.1) is 0 Å². The molecule has 7 nitrogen and oxygen atoms in total. The van der Waals surface area contributed by atoms with Crippen LogP contribution in [0.4, 0.5) is 0 Å². The molecule has 0 amide bonds. The van der Waals surface area contributed by atoms with Crippen LogP contribution in [0.3, 0.4) is 0 Å². The Morgan fingerprint density at radius 3 is 2.17 bits per heavy atom. The fourth-order valence-corrected chi connectivity index (χ4v) is 3.41. The van der Waals surface area contributed by atoms with Gasteiger partial charge in [-0.1, -0.05) is 42.5 Å². The summed E-state index contributed by atoms with van der Waals surface area (Å²) in [6, 6.07) is 20.9. The highest BCUT2D eigenvalue weighted by Crippen LogP contribution is 2.26. The minimum Gasteiger partial charge on any atom is -0.507 e. The third-order valence-corrected chi connectivity index (χ3v) is 5.25. The van der Waals surface area contributed by atoms with Gasteiger partial charge in [-0.05, 0) is 36.8 Å². The Labute approximate surface area is 205 Å². The van der Waals surface area contributed by atoms with Gasteiger partial charge >= 0.3 is 5.97 Å². The number of benzene rings is 3. The zero-order valence-corrected chi connectivity index (χ0v) is 19.9. The largest absolute Gasteiger partial charge is 0.507 e. The molecule has 1 N–H and O–H groups in total. The van der Waals surface area contributed by atoms with Crippen LogP contribution in [0.2, 0.25) is 0 Å². The highest BCUT2D eigenvalue weighted by atomic mass is 16.6. The van der Waals surface area contributed by atoms with Crippen LogP contribution in [0.15, 0.2) is 72.8 Å². The summed E-state index contributed by atoms with van der Waals surface area (Å²) in [5.41, 5.74) is 1.68. The molecule has 3 aromatic carbocycles. The number of hydrogen-bond acceptors (Lipinski definition) is 7. The number of aromatic hydroxyl groups is 1. The van der Waals surface area contributed by atoms with Gasteiger partial charge < -0.3 is 24.1 Å². The molecular formula is C28H30O7. The second-order valence-corrected chi connectivity index (χ2v) is 7.75. The number of methoxy groups -OCH3 is 1. The van der Waals surface area contributed by atoms with Crippen LogP contribution in [0, 0.1) is 0 Å². The maximum Gasteiger partial charge on any atom is 0.335 e. The quantitative estimate of drug-likeness (QED) is 0.218. The summed E-state index contributed by atoms with van der Waals surface area (Å²) in [6.07, 6.45) is 0.414. The van der Waals surface area contributed by atoms with Crippen molar-refractivity contribution in [1.29, 1.82) is 0 Å². The molecule has 0 aliphatic rings. The van der Waals surface area contributed by atoms with E-state index in [2.05, 4.69) is 0 Å². The smallest absolute Gasteiger partial charge is 0.335 e. The van der Waals surface area contributed by atoms with E-state index in [1.165, 1.54) is 13.2 Å². The monoisotopic (exact) mass is 478 g/mol. The van der Waals surface area contributed by atoms with E-state index in [0.29, 0.717) is 49.7 Å². The van der Waals surface area contributed by atoms with E-state index in [9.17, 15) is 14.7 Å². The van der Waals surface area contributed by atoms with E-state index in [0.717, 1.165) is 5.56 Å². The van der Waals surface area contributed by atoms with Gasteiger partial charge in [0.05, 0.1) is 25.4 Å². The predicted molar refractivity (Wildman–Crippen MR) is 131 cm³/mol. The van der Waals surface area contributed by atoms with Gasteiger partial charge in [0.25, 0.3) is 0 Å². The van der Waals surface area contributed by atoms with Crippen molar-refractivity contribution in [1.82, 2.24) is 0 Å². The minimum absolute atomic E-state index is 0.119. The van der Waals surface area contributed by atoms with Crippen molar-refractivity contribution in [3.63, 3.8) is 0 Å². The summed E-state index contributed by atoms with van der Waals surface area (Å²) >= 11 is 0. The first kappa shape index (κ1) is 25.8. The SMILES string of the molecule is CCOC(=O)C(Cc1ccc(OCCCOc2ccc(C(=O)c3ccccc3)c(O)c2)cc1)OC. The lowest BCUT2D eigenvalue weighted by Crippen LogP contribution is -2.27. The molecule has 0 bridgehead atoms. The van der Waals surface area contributed by atoms with Gasteiger partial charge in [-0.25, -0.2) is 4.79 Å². The lowest BCUT2D eigenvalue weighted by Gasteiger charge is -2.14. The summed E-state index contributed by atoms with van der Waals surface area (Å²) in [6.45, 7) is 2.91. The Bertz CT molecular complexity index is 1090. The van der Waals surface area contributed by atoms with E-state index >= 15 is 0 Å². The Hall–Kier alpha value is -3.84. The highest BCUT2D eigenvalue weighted by Gasteiger charge is 2.19. The summed E-state index contributed by atoms with van der Waals surface area (Å²) in [4.78, 5) is 24.4. The van der Waals surface area contributed by atoms with Crippen molar-refractivity contribution in [2.45, 2.75) is 25.9 Å². The number of rotatable bonds is 13. The first-order valence-corrected chi connectivity index (χ1v) is 11.5. The van der Waals surface area contributed by atoms with Crippen LogP contribution in [-0.2, 0) is 20.7 Å². The lowest BCUT2D eigenvalue weighted by molar-refractivity contribution is -0.154. The van der Waals surface area contributed by atoms with Crippen molar-refractivity contribution in [3.8, 4) is 17.2 Å². The van der Waals surface area contributed by atoms with Crippen molar-refractivity contribution in [3.05, 3.63) is 89.5 Å². The molecule has 1 unspecified atom stereocenters. The fourth-order valence-electron chi connectivity index (χ4n) is 3.41. The molecule has 3 aromatic rings. The predicted octanol–water partition coefficient (Wildman–Crippen LogP) is 4.59. The zero-order chi connectivity index (χ0) is 25.0. The van der Waals surface area contributed by atoms with E-state index < -0.39 is 6.10 Å². The second-order valence-electron chi connectivity index (χ2n) is 7.75. The van der Waals surface area contributed by atoms with E-state index in [4.69, 9.17) is 18.9 Å². The first-order chi connectivity index (χ1) is 17.0. The summed E-state index contributed by atoms with van der Waals surface area (Å²) in [5, 5.41) is 10.3. The average molecular weight is 479 g/mol. The van der Waals surface area contributed by atoms with Crippen molar-refractivity contribution in [2.24, 2.45) is 0 Å². The highest BCUT2D eigenvalue weighted by molar-refractivity contribution is 6.10. The van der Waals surface area contributed by atoms with Crippen molar-refractivity contribution in [2.75, 3.05) is 26.9 Å². The Balaban J connectivity index is 1.41. The standard InChI is InChI=1S/C28H30O7/c1-3-33-28(31)26(32-2)18-20-10-12-22(13-11-20)34-16-7-17-35-23-14-15-24(25(29)19-23)27(30)21-8-5-4-6-9-21/h4-6,8-15,19,26,29H,3,7,16-18H2,1-2H3. The normalized spacial score (nSPS) is 11.5. The van der Waals surface area contributed by atoms with E-state index in [-0.39, 0.29) is 23.1 Å². The fraction of sp³-hybridized carbons (Fsp3) is 0.286. The molecule has 0 saturated heterocycles. The number of esters is 1. The number of hydrogen-bond donors (Lipinski definition) is 1. The number of phenols is 1. The number of ketones is 1. The third-order valence-electron chi connectivity index (χ3n) is 5.25. The molecule has 0 radical (unpaired) electrons. The molecule has 184 valence electrons. The van der Waals surface area contributed by atoms with Crippen LogP contribution < -0.4 is 9.47 Å². The van der Waals surface area contributed by atoms with Crippen LogP contribution in [0.1, 0.15) is 34.8 Å². The molecular weight excluding hydrogens is 448 g/mol.